The number of benzene rings is 1. The number of aliphatic hydroxyl groups is 5. The number of aryl methyl sites for hydroxylation is 1. The summed E-state index contributed by atoms with van der Waals surface area (Å²) in [5.41, 5.74) is 0.775. The smallest absolute Gasteiger partial charge is 0.342 e. The van der Waals surface area contributed by atoms with E-state index in [4.69, 9.17) is 37.9 Å². The minimum Gasteiger partial charge on any atom is -0.507 e. The van der Waals surface area contributed by atoms with Gasteiger partial charge in [0.05, 0.1) is 48.1 Å². The lowest BCUT2D eigenvalue weighted by Crippen LogP contribution is -2.64. The number of rotatable bonds is 13. The number of allylic oxidation sites excluding steroid dienone is 4. The molecule has 2 saturated heterocycles. The number of aromatic hydroxyl groups is 2. The third-order valence-electron chi connectivity index (χ3n) is 12.9. The molecule has 14 atom stereocenters. The zero-order valence-corrected chi connectivity index (χ0v) is 44.3. The molecule has 7 N–H and O–H groups in total. The number of esters is 3. The maximum Gasteiger partial charge on any atom is 0.342 e. The van der Waals surface area contributed by atoms with Gasteiger partial charge in [-0.15, -0.1) is 0 Å². The molecule has 2 fully saturated rings. The monoisotopic (exact) mass is 1070 g/mol. The number of phenols is 2. The molecule has 0 radical (unpaired) electrons. The fraction of sp³-hybridized carbons (Fsp3) is 0.635. The Hall–Kier alpha value is -3.99. The van der Waals surface area contributed by atoms with Crippen LogP contribution in [0.4, 0.5) is 0 Å². The topological polar surface area (TPSA) is 267 Å². The maximum atomic E-state index is 14.0. The number of hydrogen-bond acceptors (Lipinski definition) is 18. The van der Waals surface area contributed by atoms with Crippen molar-refractivity contribution in [3.05, 3.63) is 80.4 Å². The lowest BCUT2D eigenvalue weighted by atomic mass is 9.88. The third-order valence-corrected chi connectivity index (χ3v) is 13.7. The van der Waals surface area contributed by atoms with E-state index in [1.807, 2.05) is 32.9 Å². The van der Waals surface area contributed by atoms with E-state index in [9.17, 15) is 50.1 Å². The van der Waals surface area contributed by atoms with Crippen molar-refractivity contribution in [1.82, 2.24) is 0 Å². The minimum atomic E-state index is -1.54. The molecule has 1 aromatic carbocycles. The molecule has 1 aromatic rings. The standard InChI is InChI=1S/C52H75BrO18/c1-13-31-23-35(56)38(53)39(57)37(31)49(63)68-43-30(9)66-50(44(64-12)40(43)58)65-24-33-17-15-16-18-34(55)27(6)22-32(14-2)42(28(7)21-26(5)19-20-36(29(8)54)67-48(33)62)70-51-45(69-47(61)25(3)4)41(59)46(60)52(10,11)71-51/h15-17,19,21-23,25,29-30,32,34,36,40-46,50-51,54-60H,13-14,18,20,24H2,1-12H3/b16-15+,26-19+,27-22+,28-21+,33-17+/t29?,30-,32?,34?,36?,40+,41+,42?,43-,44+,45-,46-,50?,51?/m0/s1. The summed E-state index contributed by atoms with van der Waals surface area (Å²) in [7, 11) is 1.29. The highest BCUT2D eigenvalue weighted by atomic mass is 79.9. The number of hydrogen-bond donors (Lipinski definition) is 7. The van der Waals surface area contributed by atoms with Gasteiger partial charge in [0, 0.05) is 19.4 Å². The zero-order chi connectivity index (χ0) is 53.2. The quantitative estimate of drug-likeness (QED) is 0.0711. The molecule has 0 bridgehead atoms. The third kappa shape index (κ3) is 15.1. The van der Waals surface area contributed by atoms with Gasteiger partial charge in [-0.25, -0.2) is 9.59 Å². The lowest BCUT2D eigenvalue weighted by Gasteiger charge is -2.47. The van der Waals surface area contributed by atoms with Gasteiger partial charge in [0.1, 0.15) is 52.1 Å². The Morgan fingerprint density at radius 1 is 0.944 bits per heavy atom. The number of phenolic OH excluding ortho intramolecular Hbond substituents is 2. The molecule has 398 valence electrons. The van der Waals surface area contributed by atoms with Gasteiger partial charge in [-0.2, -0.15) is 0 Å². The van der Waals surface area contributed by atoms with Crippen LogP contribution in [-0.2, 0) is 53.9 Å². The van der Waals surface area contributed by atoms with Crippen molar-refractivity contribution in [1.29, 1.82) is 0 Å². The van der Waals surface area contributed by atoms with Crippen LogP contribution in [0.3, 0.4) is 0 Å². The normalized spacial score (nSPS) is 35.1. The molecule has 4 rings (SSSR count). The summed E-state index contributed by atoms with van der Waals surface area (Å²) in [4.78, 5) is 40.3. The molecule has 0 saturated carbocycles. The molecule has 71 heavy (non-hydrogen) atoms. The highest BCUT2D eigenvalue weighted by Crippen LogP contribution is 2.40. The van der Waals surface area contributed by atoms with Gasteiger partial charge < -0.3 is 73.6 Å². The minimum absolute atomic E-state index is 0.0185. The number of carbonyl (C=O) groups is 3. The van der Waals surface area contributed by atoms with Crippen LogP contribution in [0.5, 0.6) is 11.5 Å². The van der Waals surface area contributed by atoms with Crippen molar-refractivity contribution >= 4 is 33.8 Å². The second kappa shape index (κ2) is 26.3. The van der Waals surface area contributed by atoms with E-state index in [0.29, 0.717) is 28.7 Å². The molecule has 3 heterocycles. The second-order valence-corrected chi connectivity index (χ2v) is 20.1. The molecular formula is C52H75BrO18. The summed E-state index contributed by atoms with van der Waals surface area (Å²) in [6.45, 7) is 18.2. The summed E-state index contributed by atoms with van der Waals surface area (Å²) in [5, 5.41) is 76.9. The van der Waals surface area contributed by atoms with Crippen molar-refractivity contribution in [3.8, 4) is 11.5 Å². The first-order chi connectivity index (χ1) is 33.3. The van der Waals surface area contributed by atoms with E-state index in [0.717, 1.165) is 0 Å². The van der Waals surface area contributed by atoms with Crippen molar-refractivity contribution in [3.63, 3.8) is 0 Å². The lowest BCUT2D eigenvalue weighted by molar-refractivity contribution is -0.333. The SMILES string of the molecule is CCc1cc(O)c(Br)c(O)c1C(=O)O[C@@H]1[C@@H](O)[C@@H](OC)C(OC/C2=C\C=C\CC(O)/C(C)=C/C(CC)C(OC3OC(C)(C)[C@@H](O)[C@H](O)[C@@H]3OC(=O)C(C)C)/C(C)=C/C(C)=C/CC(C(C)O)OC2=O)O[C@H]1C. The van der Waals surface area contributed by atoms with Gasteiger partial charge >= 0.3 is 17.9 Å². The van der Waals surface area contributed by atoms with Crippen molar-refractivity contribution in [2.75, 3.05) is 13.7 Å². The molecule has 3 aliphatic heterocycles. The number of carbonyl (C=O) groups excluding carboxylic acids is 3. The van der Waals surface area contributed by atoms with Crippen molar-refractivity contribution < 1.29 is 88.0 Å². The average molecular weight is 1070 g/mol. The molecule has 0 aromatic heterocycles. The largest absolute Gasteiger partial charge is 0.507 e. The number of halogens is 1. The van der Waals surface area contributed by atoms with E-state index in [1.165, 1.54) is 33.1 Å². The zero-order valence-electron chi connectivity index (χ0n) is 42.7. The van der Waals surface area contributed by atoms with Crippen LogP contribution in [0.25, 0.3) is 0 Å². The van der Waals surface area contributed by atoms with Gasteiger partial charge in [-0.3, -0.25) is 4.79 Å². The Bertz CT molecular complexity index is 2160. The molecule has 0 amide bonds. The molecule has 3 aliphatic rings. The Morgan fingerprint density at radius 3 is 2.23 bits per heavy atom. The van der Waals surface area contributed by atoms with Crippen LogP contribution in [0.2, 0.25) is 0 Å². The summed E-state index contributed by atoms with van der Waals surface area (Å²) < 4.78 is 47.8. The summed E-state index contributed by atoms with van der Waals surface area (Å²) in [5.74, 6) is -4.19. The summed E-state index contributed by atoms with van der Waals surface area (Å²) in [6.07, 6.45) is -4.84. The van der Waals surface area contributed by atoms with Crippen LogP contribution < -0.4 is 0 Å². The van der Waals surface area contributed by atoms with Crippen LogP contribution in [0.15, 0.2) is 69.3 Å². The van der Waals surface area contributed by atoms with Crippen LogP contribution in [-0.4, -0.2) is 153 Å². The Balaban J connectivity index is 1.63. The number of aliphatic hydroxyl groups excluding tert-OH is 5. The van der Waals surface area contributed by atoms with Crippen LogP contribution >= 0.6 is 15.9 Å². The van der Waals surface area contributed by atoms with Gasteiger partial charge in [-0.1, -0.05) is 63.6 Å². The van der Waals surface area contributed by atoms with Gasteiger partial charge in [-0.05, 0) is 113 Å². The molecule has 7 unspecified atom stereocenters. The van der Waals surface area contributed by atoms with Crippen LogP contribution in [0.1, 0.15) is 111 Å². The molecule has 0 aliphatic carbocycles. The first kappa shape index (κ1) is 59.6. The first-order valence-electron chi connectivity index (χ1n) is 24.1. The number of methoxy groups -OCH3 is 1. The molecule has 19 heteroatoms. The van der Waals surface area contributed by atoms with E-state index in [1.54, 1.807) is 59.8 Å². The Morgan fingerprint density at radius 2 is 1.62 bits per heavy atom. The first-order valence-corrected chi connectivity index (χ1v) is 24.9. The Labute approximate surface area is 425 Å². The fourth-order valence-corrected chi connectivity index (χ4v) is 8.76. The van der Waals surface area contributed by atoms with E-state index >= 15 is 0 Å². The van der Waals surface area contributed by atoms with Crippen LogP contribution in [0, 0.1) is 11.8 Å². The van der Waals surface area contributed by atoms with Gasteiger partial charge in [0.25, 0.3) is 0 Å². The highest BCUT2D eigenvalue weighted by molar-refractivity contribution is 9.10. The molecule has 0 spiro atoms. The van der Waals surface area contributed by atoms with Gasteiger partial charge in [0.15, 0.2) is 24.8 Å². The number of ether oxygens (including phenoxy) is 8. The molecule has 18 nitrogen and oxygen atoms in total. The predicted molar refractivity (Wildman–Crippen MR) is 263 cm³/mol. The predicted octanol–water partition coefficient (Wildman–Crippen LogP) is 5.69. The summed E-state index contributed by atoms with van der Waals surface area (Å²) >= 11 is 3.07. The van der Waals surface area contributed by atoms with E-state index in [-0.39, 0.29) is 40.6 Å². The Kier molecular flexibility index (Phi) is 22.1. The highest BCUT2D eigenvalue weighted by Gasteiger charge is 2.53. The fourth-order valence-electron chi connectivity index (χ4n) is 8.45. The second-order valence-electron chi connectivity index (χ2n) is 19.3. The van der Waals surface area contributed by atoms with Crippen molar-refractivity contribution in [2.45, 2.75) is 187 Å². The van der Waals surface area contributed by atoms with E-state index in [2.05, 4.69) is 15.9 Å². The van der Waals surface area contributed by atoms with Gasteiger partial charge in [0.2, 0.25) is 0 Å². The average Bonchev–Trinajstić information content (AvgIpc) is 3.30. The van der Waals surface area contributed by atoms with E-state index < -0.39 is 127 Å². The number of cyclic esters (lactones) is 1. The summed E-state index contributed by atoms with van der Waals surface area (Å²) in [6, 6.07) is 1.32. The molecular weight excluding hydrogens is 992 g/mol. The van der Waals surface area contributed by atoms with Crippen molar-refractivity contribution in [2.24, 2.45) is 11.8 Å². The maximum absolute atomic E-state index is 14.0.